The molecule has 0 spiro atoms. The van der Waals surface area contributed by atoms with Gasteiger partial charge in [0.1, 0.15) is 0 Å². The molecule has 0 bridgehead atoms. The van der Waals surface area contributed by atoms with Crippen LogP contribution in [-0.4, -0.2) is 41.3 Å². The monoisotopic (exact) mass is 444 g/mol. The Morgan fingerprint density at radius 1 is 0.538 bits per heavy atom. The minimum absolute atomic E-state index is 2.43. The molecular formula is C9F16S. The summed E-state index contributed by atoms with van der Waals surface area (Å²) >= 11 is -2.43. The number of rotatable bonds is 1. The van der Waals surface area contributed by atoms with Gasteiger partial charge in [0.15, 0.2) is 0 Å². The first-order chi connectivity index (χ1) is 11.0. The van der Waals surface area contributed by atoms with Gasteiger partial charge in [-0.15, -0.1) is 0 Å². The third-order valence-corrected chi connectivity index (χ3v) is 4.63. The Bertz CT molecular complexity index is 564. The van der Waals surface area contributed by atoms with Crippen LogP contribution in [0.15, 0.2) is 10.5 Å². The molecule has 0 nitrogen and oxygen atoms in total. The molecule has 0 aromatic rings. The summed E-state index contributed by atoms with van der Waals surface area (Å²) < 4.78 is 196. The van der Waals surface area contributed by atoms with Gasteiger partial charge in [-0.05, 0) is 0 Å². The Kier molecular flexibility index (Phi) is 4.86. The highest BCUT2D eigenvalue weighted by Crippen LogP contribution is 2.74. The van der Waals surface area contributed by atoms with Gasteiger partial charge in [-0.2, -0.15) is 65.9 Å². The number of thioether (sulfide) groups is 1. The molecule has 26 heavy (non-hydrogen) atoms. The number of hydrogen-bond donors (Lipinski definition) is 0. The first-order valence-corrected chi connectivity index (χ1v) is 6.25. The van der Waals surface area contributed by atoms with E-state index in [2.05, 4.69) is 0 Å². The second-order valence-electron chi connectivity index (χ2n) is 4.63. The van der Waals surface area contributed by atoms with Crippen molar-refractivity contribution in [2.45, 2.75) is 41.3 Å². The van der Waals surface area contributed by atoms with Crippen LogP contribution >= 0.6 is 11.8 Å². The van der Waals surface area contributed by atoms with Gasteiger partial charge in [0, 0.05) is 5.57 Å². The fraction of sp³-hybridized carbons (Fsp3) is 0.778. The molecule has 1 heterocycles. The lowest BCUT2D eigenvalue weighted by molar-refractivity contribution is -0.339. The second-order valence-corrected chi connectivity index (χ2v) is 5.86. The maximum absolute atomic E-state index is 13.8. The van der Waals surface area contributed by atoms with Crippen LogP contribution in [0.2, 0.25) is 0 Å². The highest BCUT2D eigenvalue weighted by Gasteiger charge is 2.90. The van der Waals surface area contributed by atoms with Crippen LogP contribution in [0.1, 0.15) is 0 Å². The number of hydrogen-bond acceptors (Lipinski definition) is 1. The smallest absolute Gasteiger partial charge is 0.218 e. The van der Waals surface area contributed by atoms with Crippen LogP contribution < -0.4 is 0 Å². The van der Waals surface area contributed by atoms with E-state index in [9.17, 15) is 70.2 Å². The molecule has 0 aliphatic carbocycles. The predicted octanol–water partition coefficient (Wildman–Crippen LogP) is 6.25. The minimum Gasteiger partial charge on any atom is -0.218 e. The Labute approximate surface area is 135 Å². The highest BCUT2D eigenvalue weighted by molar-refractivity contribution is 8.06. The summed E-state index contributed by atoms with van der Waals surface area (Å²) in [5.41, 5.74) is -12.1. The van der Waals surface area contributed by atoms with Crippen molar-refractivity contribution in [2.24, 2.45) is 0 Å². The molecule has 17 heteroatoms. The maximum Gasteiger partial charge on any atom is 0.435 e. The van der Waals surface area contributed by atoms with Crippen molar-refractivity contribution in [1.29, 1.82) is 0 Å². The van der Waals surface area contributed by atoms with Crippen LogP contribution in [0.3, 0.4) is 0 Å². The van der Waals surface area contributed by atoms with Crippen molar-refractivity contribution in [1.82, 2.24) is 0 Å². The molecule has 1 aliphatic heterocycles. The van der Waals surface area contributed by atoms with E-state index in [0.29, 0.717) is 0 Å². The van der Waals surface area contributed by atoms with Gasteiger partial charge in [0.2, 0.25) is 4.75 Å². The van der Waals surface area contributed by atoms with Gasteiger partial charge in [-0.25, -0.2) is 4.39 Å². The summed E-state index contributed by atoms with van der Waals surface area (Å²) in [6.07, 6.45) is -36.1. The molecule has 0 saturated heterocycles. The lowest BCUT2D eigenvalue weighted by Gasteiger charge is -2.51. The summed E-state index contributed by atoms with van der Waals surface area (Å²) in [6, 6.07) is 0. The fourth-order valence-electron chi connectivity index (χ4n) is 1.97. The normalized spacial score (nSPS) is 20.3. The van der Waals surface area contributed by atoms with Gasteiger partial charge in [-0.1, -0.05) is 11.8 Å². The lowest BCUT2D eigenvalue weighted by Crippen LogP contribution is -2.70. The molecule has 1 aliphatic rings. The molecule has 0 saturated carbocycles. The van der Waals surface area contributed by atoms with Gasteiger partial charge < -0.3 is 0 Å². The summed E-state index contributed by atoms with van der Waals surface area (Å²) in [5.74, 6) is 0. The van der Waals surface area contributed by atoms with E-state index in [1.165, 1.54) is 0 Å². The fourth-order valence-corrected chi connectivity index (χ4v) is 3.21. The Balaban J connectivity index is 4.11. The first kappa shape index (κ1) is 23.0. The van der Waals surface area contributed by atoms with Crippen molar-refractivity contribution in [3.05, 3.63) is 10.5 Å². The lowest BCUT2D eigenvalue weighted by atomic mass is 9.80. The van der Waals surface area contributed by atoms with Gasteiger partial charge >= 0.3 is 36.6 Å². The highest BCUT2D eigenvalue weighted by atomic mass is 32.2. The zero-order valence-corrected chi connectivity index (χ0v) is 11.8. The molecule has 0 unspecified atom stereocenters. The molecule has 1 rings (SSSR count). The molecule has 0 fully saturated rings. The number of halogens is 16. The topological polar surface area (TPSA) is 0 Å². The van der Waals surface area contributed by atoms with E-state index in [1.54, 1.807) is 0 Å². The summed E-state index contributed by atoms with van der Waals surface area (Å²) in [5, 5.41) is 0. The van der Waals surface area contributed by atoms with Crippen LogP contribution in [0.25, 0.3) is 0 Å². The Morgan fingerprint density at radius 2 is 0.846 bits per heavy atom. The van der Waals surface area contributed by atoms with Crippen LogP contribution in [0, 0.1) is 0 Å². The standard InChI is InChI=1S/C9F16S/c10-3(6(14,15)16,7(17,18)19)1-2(5(11,12)13)26-4(1,8(20,21)22)9(23,24)25. The van der Waals surface area contributed by atoms with E-state index >= 15 is 0 Å². The molecule has 0 aromatic carbocycles. The van der Waals surface area contributed by atoms with E-state index < -0.39 is 63.5 Å². The van der Waals surface area contributed by atoms with Gasteiger partial charge in [-0.3, -0.25) is 0 Å². The van der Waals surface area contributed by atoms with Crippen molar-refractivity contribution < 1.29 is 70.2 Å². The third-order valence-electron chi connectivity index (χ3n) is 3.02. The van der Waals surface area contributed by atoms with Crippen molar-refractivity contribution >= 4 is 11.8 Å². The quantitative estimate of drug-likeness (QED) is 0.432. The number of allylic oxidation sites excluding steroid dienone is 1. The molecular weight excluding hydrogens is 444 g/mol. The molecule has 0 amide bonds. The first-order valence-electron chi connectivity index (χ1n) is 5.43. The zero-order chi connectivity index (χ0) is 21.4. The Morgan fingerprint density at radius 3 is 1.04 bits per heavy atom. The number of alkyl halides is 16. The summed E-state index contributed by atoms with van der Waals surface area (Å²) in [7, 11) is 0. The molecule has 0 aromatic heterocycles. The van der Waals surface area contributed by atoms with E-state index in [0.717, 1.165) is 0 Å². The molecule has 0 N–H and O–H groups in total. The van der Waals surface area contributed by atoms with Crippen LogP contribution in [0.5, 0.6) is 0 Å². The molecule has 0 atom stereocenters. The van der Waals surface area contributed by atoms with E-state index in [-0.39, 0.29) is 0 Å². The molecule has 154 valence electrons. The minimum atomic E-state index is -7.61. The van der Waals surface area contributed by atoms with Crippen molar-refractivity contribution in [3.8, 4) is 0 Å². The van der Waals surface area contributed by atoms with Crippen molar-refractivity contribution in [2.75, 3.05) is 0 Å². The van der Waals surface area contributed by atoms with Gasteiger partial charge in [0.05, 0.1) is 4.91 Å². The second kappa shape index (κ2) is 5.50. The van der Waals surface area contributed by atoms with Crippen molar-refractivity contribution in [3.63, 3.8) is 0 Å². The largest absolute Gasteiger partial charge is 0.435 e. The van der Waals surface area contributed by atoms with E-state index in [4.69, 9.17) is 0 Å². The van der Waals surface area contributed by atoms with E-state index in [1.807, 2.05) is 0 Å². The average Bonchev–Trinajstić information content (AvgIpc) is 2.17. The van der Waals surface area contributed by atoms with Crippen LogP contribution in [-0.2, 0) is 0 Å². The maximum atomic E-state index is 13.8. The summed E-state index contributed by atoms with van der Waals surface area (Å²) in [6.45, 7) is 0. The summed E-state index contributed by atoms with van der Waals surface area (Å²) in [4.78, 5) is -3.62. The predicted molar refractivity (Wildman–Crippen MR) is 51.5 cm³/mol. The Hall–Kier alpha value is -1.03. The zero-order valence-electron chi connectivity index (χ0n) is 11.0. The van der Waals surface area contributed by atoms with Gasteiger partial charge in [0.25, 0.3) is 0 Å². The average molecular weight is 444 g/mol. The third kappa shape index (κ3) is 2.89. The van der Waals surface area contributed by atoms with Crippen LogP contribution in [0.4, 0.5) is 70.2 Å². The molecule has 0 radical (unpaired) electrons. The SMILES string of the molecule is FC(F)(F)C1=C(C(F)(C(F)(F)F)C(F)(F)F)C(C(F)(F)F)(C(F)(F)F)S1.